The van der Waals surface area contributed by atoms with Crippen LogP contribution in [0, 0.1) is 0 Å². The van der Waals surface area contributed by atoms with Gasteiger partial charge in [-0.25, -0.2) is 4.98 Å². The Kier molecular flexibility index (Phi) is 3.69. The number of nitrogens with zero attached hydrogens (tertiary/aromatic N) is 3. The Morgan fingerprint density at radius 3 is 2.52 bits per heavy atom. The summed E-state index contributed by atoms with van der Waals surface area (Å²) in [5.41, 5.74) is 10.8. The van der Waals surface area contributed by atoms with E-state index in [1.807, 2.05) is 30.5 Å². The number of hydrogen-bond acceptors (Lipinski definition) is 3. The van der Waals surface area contributed by atoms with E-state index in [0.717, 1.165) is 39.3 Å². The Morgan fingerprint density at radius 2 is 1.86 bits per heavy atom. The van der Waals surface area contributed by atoms with Gasteiger partial charge in [0.2, 0.25) is 0 Å². The molecule has 2 N–H and O–H groups in total. The van der Waals surface area contributed by atoms with Crippen molar-refractivity contribution in [1.29, 1.82) is 0 Å². The number of fused-ring (bicyclic) bond motifs is 1. The largest absolute Gasteiger partial charge is 0.398 e. The second kappa shape index (κ2) is 5.50. The predicted molar refractivity (Wildman–Crippen MR) is 90.1 cm³/mol. The molecule has 108 valence electrons. The van der Waals surface area contributed by atoms with Crippen LogP contribution < -0.4 is 5.73 Å². The minimum absolute atomic E-state index is 0.738. The number of hydrogen-bond donors (Lipinski definition) is 1. The normalized spacial score (nSPS) is 11.4. The molecular weight excluding hydrogens is 328 g/mol. The van der Waals surface area contributed by atoms with Gasteiger partial charge in [0.1, 0.15) is 5.65 Å². The topological polar surface area (TPSA) is 46.6 Å². The molecule has 0 unspecified atom stereocenters. The molecule has 5 heteroatoms. The Balaban J connectivity index is 2.22. The zero-order chi connectivity index (χ0) is 15.0. The van der Waals surface area contributed by atoms with Gasteiger partial charge in [0, 0.05) is 28.5 Å². The fraction of sp³-hybridized carbons (Fsp3) is 0.188. The van der Waals surface area contributed by atoms with Gasteiger partial charge < -0.3 is 15.0 Å². The zero-order valence-corrected chi connectivity index (χ0v) is 13.6. The Hall–Kier alpha value is -1.85. The molecule has 3 rings (SSSR count). The highest BCUT2D eigenvalue weighted by atomic mass is 79.9. The first kappa shape index (κ1) is 14.1. The lowest BCUT2D eigenvalue weighted by Gasteiger charge is -2.11. The van der Waals surface area contributed by atoms with Crippen LogP contribution in [-0.4, -0.2) is 28.4 Å². The van der Waals surface area contributed by atoms with E-state index in [4.69, 9.17) is 10.7 Å². The second-order valence-electron chi connectivity index (χ2n) is 5.34. The highest BCUT2D eigenvalue weighted by molar-refractivity contribution is 9.10. The summed E-state index contributed by atoms with van der Waals surface area (Å²) < 4.78 is 3.14. The molecule has 0 saturated heterocycles. The van der Waals surface area contributed by atoms with Crippen molar-refractivity contribution in [1.82, 2.24) is 14.3 Å². The number of imidazole rings is 1. The highest BCUT2D eigenvalue weighted by Crippen LogP contribution is 2.27. The lowest BCUT2D eigenvalue weighted by molar-refractivity contribution is 0.396. The van der Waals surface area contributed by atoms with Crippen LogP contribution in [0.15, 0.2) is 47.1 Å². The summed E-state index contributed by atoms with van der Waals surface area (Å²) in [4.78, 5) is 6.91. The molecule has 0 fully saturated rings. The number of benzene rings is 1. The smallest absolute Gasteiger partial charge is 0.137 e. The van der Waals surface area contributed by atoms with Gasteiger partial charge in [0.25, 0.3) is 0 Å². The van der Waals surface area contributed by atoms with Crippen LogP contribution >= 0.6 is 15.9 Å². The lowest BCUT2D eigenvalue weighted by atomic mass is 10.1. The fourth-order valence-corrected chi connectivity index (χ4v) is 2.66. The van der Waals surface area contributed by atoms with Gasteiger partial charge in [0.05, 0.1) is 11.4 Å². The summed E-state index contributed by atoms with van der Waals surface area (Å²) >= 11 is 3.47. The molecule has 4 nitrogen and oxygen atoms in total. The molecular formula is C16H17BrN4. The van der Waals surface area contributed by atoms with Crippen LogP contribution in [0.5, 0.6) is 0 Å². The first-order valence-corrected chi connectivity index (χ1v) is 7.51. The number of nitrogen functional groups attached to an aromatic ring is 1. The number of nitrogens with two attached hydrogens (primary N) is 1. The minimum Gasteiger partial charge on any atom is -0.398 e. The molecule has 21 heavy (non-hydrogen) atoms. The average Bonchev–Trinajstić information content (AvgIpc) is 2.77. The maximum Gasteiger partial charge on any atom is 0.137 e. The molecule has 0 bridgehead atoms. The van der Waals surface area contributed by atoms with Crippen LogP contribution in [0.3, 0.4) is 0 Å². The van der Waals surface area contributed by atoms with Crippen molar-refractivity contribution in [3.8, 4) is 11.3 Å². The van der Waals surface area contributed by atoms with Gasteiger partial charge in [-0.15, -0.1) is 0 Å². The van der Waals surface area contributed by atoms with Gasteiger partial charge in [-0.1, -0.05) is 28.1 Å². The first-order chi connectivity index (χ1) is 10.0. The maximum atomic E-state index is 5.92. The first-order valence-electron chi connectivity index (χ1n) is 6.72. The Morgan fingerprint density at radius 1 is 1.14 bits per heavy atom. The summed E-state index contributed by atoms with van der Waals surface area (Å²) in [7, 11) is 4.11. The monoisotopic (exact) mass is 344 g/mol. The summed E-state index contributed by atoms with van der Waals surface area (Å²) in [5, 5.41) is 0. The molecule has 0 spiro atoms. The van der Waals surface area contributed by atoms with Gasteiger partial charge in [-0.2, -0.15) is 0 Å². The molecule has 3 aromatic rings. The summed E-state index contributed by atoms with van der Waals surface area (Å²) in [6.45, 7) is 0.802. The molecule has 0 aliphatic rings. The quantitative estimate of drug-likeness (QED) is 0.791. The van der Waals surface area contributed by atoms with E-state index in [2.05, 4.69) is 51.5 Å². The van der Waals surface area contributed by atoms with E-state index in [0.29, 0.717) is 0 Å². The SMILES string of the molecule is CN(C)Cc1c(-c2ccc(Br)cc2)nc2ccc(N)cn12. The molecule has 1 aromatic carbocycles. The standard InChI is InChI=1S/C16H17BrN4/c1-20(2)10-14-16(11-3-5-12(17)6-4-11)19-15-8-7-13(18)9-21(14)15/h3-9H,10,18H2,1-2H3. The van der Waals surface area contributed by atoms with Crippen molar-refractivity contribution >= 4 is 27.3 Å². The molecule has 2 aromatic heterocycles. The summed E-state index contributed by atoms with van der Waals surface area (Å²) in [6.07, 6.45) is 1.93. The minimum atomic E-state index is 0.738. The molecule has 0 saturated carbocycles. The third-order valence-corrected chi connectivity index (χ3v) is 3.85. The Labute approximate surface area is 132 Å². The third kappa shape index (κ3) is 2.80. The number of aromatic nitrogens is 2. The maximum absolute atomic E-state index is 5.92. The summed E-state index contributed by atoms with van der Waals surface area (Å²) in [5.74, 6) is 0. The highest BCUT2D eigenvalue weighted by Gasteiger charge is 2.14. The van der Waals surface area contributed by atoms with E-state index in [1.165, 1.54) is 0 Å². The Bertz CT molecular complexity index is 775. The molecule has 0 aliphatic carbocycles. The van der Waals surface area contributed by atoms with Crippen LogP contribution in [0.4, 0.5) is 5.69 Å². The van der Waals surface area contributed by atoms with Gasteiger partial charge in [0.15, 0.2) is 0 Å². The number of rotatable bonds is 3. The van der Waals surface area contributed by atoms with Crippen molar-refractivity contribution < 1.29 is 0 Å². The second-order valence-corrected chi connectivity index (χ2v) is 6.26. The average molecular weight is 345 g/mol. The molecule has 0 radical (unpaired) electrons. The molecule has 2 heterocycles. The van der Waals surface area contributed by atoms with Crippen molar-refractivity contribution in [2.45, 2.75) is 6.54 Å². The number of pyridine rings is 1. The van der Waals surface area contributed by atoms with Gasteiger partial charge in [-0.3, -0.25) is 0 Å². The van der Waals surface area contributed by atoms with Gasteiger partial charge in [-0.05, 0) is 38.4 Å². The molecule has 0 amide bonds. The van der Waals surface area contributed by atoms with E-state index in [9.17, 15) is 0 Å². The van der Waals surface area contributed by atoms with Crippen molar-refractivity contribution in [3.05, 3.63) is 52.8 Å². The van der Waals surface area contributed by atoms with E-state index in [-0.39, 0.29) is 0 Å². The van der Waals surface area contributed by atoms with Crippen molar-refractivity contribution in [3.63, 3.8) is 0 Å². The van der Waals surface area contributed by atoms with Crippen LogP contribution in [0.1, 0.15) is 5.69 Å². The number of anilines is 1. The molecule has 0 atom stereocenters. The van der Waals surface area contributed by atoms with Crippen LogP contribution in [0.2, 0.25) is 0 Å². The van der Waals surface area contributed by atoms with Crippen LogP contribution in [-0.2, 0) is 6.54 Å². The zero-order valence-electron chi connectivity index (χ0n) is 12.0. The summed E-state index contributed by atoms with van der Waals surface area (Å²) in [6, 6.07) is 12.1. The van der Waals surface area contributed by atoms with Crippen molar-refractivity contribution in [2.24, 2.45) is 0 Å². The predicted octanol–water partition coefficient (Wildman–Crippen LogP) is 3.41. The number of halogens is 1. The van der Waals surface area contributed by atoms with Gasteiger partial charge >= 0.3 is 0 Å². The van der Waals surface area contributed by atoms with E-state index in [1.54, 1.807) is 0 Å². The fourth-order valence-electron chi connectivity index (χ4n) is 2.40. The van der Waals surface area contributed by atoms with Crippen molar-refractivity contribution in [2.75, 3.05) is 19.8 Å². The van der Waals surface area contributed by atoms with E-state index < -0.39 is 0 Å². The van der Waals surface area contributed by atoms with E-state index >= 15 is 0 Å². The molecule has 0 aliphatic heterocycles. The van der Waals surface area contributed by atoms with Crippen LogP contribution in [0.25, 0.3) is 16.9 Å². The third-order valence-electron chi connectivity index (χ3n) is 3.32. The lowest BCUT2D eigenvalue weighted by Crippen LogP contribution is -2.13.